The van der Waals surface area contributed by atoms with Crippen LogP contribution in [0.1, 0.15) is 88.2 Å². The molecule has 0 spiro atoms. The second-order valence-electron chi connectivity index (χ2n) is 11.4. The molecule has 1 N–H and O–H groups in total. The van der Waals surface area contributed by atoms with Gasteiger partial charge in [-0.3, -0.25) is 9.59 Å². The van der Waals surface area contributed by atoms with E-state index in [1.165, 1.54) is 22.3 Å². The highest BCUT2D eigenvalue weighted by Crippen LogP contribution is 2.34. The molecule has 0 unspecified atom stereocenters. The number of benzene rings is 2. The van der Waals surface area contributed by atoms with E-state index in [9.17, 15) is 9.59 Å². The highest BCUT2D eigenvalue weighted by Gasteiger charge is 2.28. The van der Waals surface area contributed by atoms with Gasteiger partial charge in [0.1, 0.15) is 0 Å². The van der Waals surface area contributed by atoms with Crippen LogP contribution in [0.3, 0.4) is 0 Å². The molecule has 40 heavy (non-hydrogen) atoms. The van der Waals surface area contributed by atoms with Crippen molar-refractivity contribution in [3.63, 3.8) is 0 Å². The summed E-state index contributed by atoms with van der Waals surface area (Å²) >= 11 is 0. The number of hydrogen-bond donors (Lipinski definition) is 1. The molecule has 0 aliphatic carbocycles. The van der Waals surface area contributed by atoms with E-state index in [0.29, 0.717) is 13.1 Å². The highest BCUT2D eigenvalue weighted by atomic mass is 16.2. The Labute approximate surface area is 239 Å². The SMILES string of the molecule is CCCCN(CCCC)C(=O)c1cc(-c2cc3c(cc2C(=O)N2CCc4ccccc4C2)CNCC3)n(C)c1C. The summed E-state index contributed by atoms with van der Waals surface area (Å²) in [5, 5.41) is 3.46. The van der Waals surface area contributed by atoms with Crippen molar-refractivity contribution in [3.05, 3.63) is 81.5 Å². The smallest absolute Gasteiger partial charge is 0.255 e. The molecule has 6 heteroatoms. The third-order valence-electron chi connectivity index (χ3n) is 8.77. The van der Waals surface area contributed by atoms with Crippen LogP contribution in [0.4, 0.5) is 0 Å². The van der Waals surface area contributed by atoms with E-state index >= 15 is 0 Å². The summed E-state index contributed by atoms with van der Waals surface area (Å²) < 4.78 is 2.11. The zero-order valence-electron chi connectivity index (χ0n) is 24.7. The second kappa shape index (κ2) is 12.4. The Bertz CT molecular complexity index is 1380. The van der Waals surface area contributed by atoms with Crippen LogP contribution in [-0.2, 0) is 33.0 Å². The zero-order valence-corrected chi connectivity index (χ0v) is 24.7. The summed E-state index contributed by atoms with van der Waals surface area (Å²) in [6, 6.07) is 14.8. The number of amides is 2. The minimum absolute atomic E-state index is 0.0668. The molecule has 0 saturated carbocycles. The topological polar surface area (TPSA) is 57.6 Å². The van der Waals surface area contributed by atoms with Crippen LogP contribution in [0.5, 0.6) is 0 Å². The van der Waals surface area contributed by atoms with Crippen molar-refractivity contribution in [2.24, 2.45) is 7.05 Å². The third-order valence-corrected chi connectivity index (χ3v) is 8.77. The minimum Gasteiger partial charge on any atom is -0.347 e. The Morgan fingerprint density at radius 1 is 0.900 bits per heavy atom. The average molecular weight is 541 g/mol. The first kappa shape index (κ1) is 28.2. The molecule has 3 heterocycles. The molecule has 0 atom stereocenters. The van der Waals surface area contributed by atoms with Gasteiger partial charge in [-0.15, -0.1) is 0 Å². The molecule has 1 aromatic heterocycles. The number of carbonyl (C=O) groups excluding carboxylic acids is 2. The lowest BCUT2D eigenvalue weighted by atomic mass is 9.91. The van der Waals surface area contributed by atoms with Gasteiger partial charge in [0.25, 0.3) is 11.8 Å². The molecule has 0 fully saturated rings. The molecule has 212 valence electrons. The van der Waals surface area contributed by atoms with Crippen LogP contribution in [0, 0.1) is 6.92 Å². The van der Waals surface area contributed by atoms with Crippen LogP contribution < -0.4 is 5.32 Å². The molecule has 2 aliphatic rings. The molecule has 3 aromatic rings. The van der Waals surface area contributed by atoms with E-state index in [-0.39, 0.29) is 11.8 Å². The fraction of sp³-hybridized carbons (Fsp3) is 0.471. The number of nitrogens with one attached hydrogen (secondary N) is 1. The monoisotopic (exact) mass is 540 g/mol. The van der Waals surface area contributed by atoms with Gasteiger partial charge in [0.15, 0.2) is 0 Å². The van der Waals surface area contributed by atoms with Crippen molar-refractivity contribution in [1.29, 1.82) is 0 Å². The predicted octanol–water partition coefficient (Wildman–Crippen LogP) is 5.89. The summed E-state index contributed by atoms with van der Waals surface area (Å²) in [7, 11) is 2.02. The van der Waals surface area contributed by atoms with Gasteiger partial charge in [0.05, 0.1) is 5.56 Å². The Morgan fingerprint density at radius 2 is 1.62 bits per heavy atom. The van der Waals surface area contributed by atoms with Crippen molar-refractivity contribution >= 4 is 11.8 Å². The first-order chi connectivity index (χ1) is 19.4. The Kier molecular flexibility index (Phi) is 8.75. The van der Waals surface area contributed by atoms with Gasteiger partial charge in [-0.05, 0) is 79.6 Å². The normalized spacial score (nSPS) is 14.6. The minimum atomic E-state index is 0.0668. The van der Waals surface area contributed by atoms with Gasteiger partial charge >= 0.3 is 0 Å². The lowest BCUT2D eigenvalue weighted by molar-refractivity contribution is 0.0732. The largest absolute Gasteiger partial charge is 0.347 e. The number of aromatic nitrogens is 1. The molecular formula is C34H44N4O2. The van der Waals surface area contributed by atoms with Gasteiger partial charge in [-0.1, -0.05) is 51.0 Å². The van der Waals surface area contributed by atoms with E-state index in [2.05, 4.69) is 60.1 Å². The number of fused-ring (bicyclic) bond motifs is 2. The maximum absolute atomic E-state index is 14.2. The molecule has 5 rings (SSSR count). The predicted molar refractivity (Wildman–Crippen MR) is 162 cm³/mol. The summed E-state index contributed by atoms with van der Waals surface area (Å²) in [5.41, 5.74) is 9.34. The molecule has 0 saturated heterocycles. The molecule has 0 bridgehead atoms. The lowest BCUT2D eigenvalue weighted by Gasteiger charge is -2.30. The second-order valence-corrected chi connectivity index (χ2v) is 11.4. The highest BCUT2D eigenvalue weighted by molar-refractivity contribution is 6.03. The van der Waals surface area contributed by atoms with Gasteiger partial charge in [0, 0.05) is 62.3 Å². The standard InChI is InChI=1S/C34H44N4O2/c1-5-7-16-37(17-8-6-2)33(39)29-21-32(36(4)24(29)3)30-19-26-13-15-35-22-28(26)20-31(30)34(40)38-18-14-25-11-9-10-12-27(25)23-38/h9-12,19-21,35H,5-8,13-18,22-23H2,1-4H3. The van der Waals surface area contributed by atoms with Crippen LogP contribution in [0.2, 0.25) is 0 Å². The maximum atomic E-state index is 14.2. The van der Waals surface area contributed by atoms with Crippen LogP contribution >= 0.6 is 0 Å². The lowest BCUT2D eigenvalue weighted by Crippen LogP contribution is -2.36. The molecule has 2 amide bonds. The first-order valence-electron chi connectivity index (χ1n) is 15.1. The molecule has 0 radical (unpaired) electrons. The summed E-state index contributed by atoms with van der Waals surface area (Å²) in [5.74, 6) is 0.168. The van der Waals surface area contributed by atoms with Crippen molar-refractivity contribution in [1.82, 2.24) is 19.7 Å². The molecular weight excluding hydrogens is 496 g/mol. The van der Waals surface area contributed by atoms with Crippen LogP contribution in [0.25, 0.3) is 11.3 Å². The maximum Gasteiger partial charge on any atom is 0.255 e. The molecule has 2 aliphatic heterocycles. The quantitative estimate of drug-likeness (QED) is 0.368. The van der Waals surface area contributed by atoms with Gasteiger partial charge in [-0.25, -0.2) is 0 Å². The Balaban J connectivity index is 1.54. The first-order valence-corrected chi connectivity index (χ1v) is 15.1. The Hall–Kier alpha value is -3.38. The van der Waals surface area contributed by atoms with Crippen LogP contribution in [0.15, 0.2) is 42.5 Å². The number of unbranched alkanes of at least 4 members (excludes halogenated alkanes) is 2. The van der Waals surface area contributed by atoms with E-state index < -0.39 is 0 Å². The van der Waals surface area contributed by atoms with Crippen molar-refractivity contribution in [2.45, 2.75) is 72.4 Å². The van der Waals surface area contributed by atoms with E-state index in [0.717, 1.165) is 92.8 Å². The fourth-order valence-corrected chi connectivity index (χ4v) is 6.12. The molecule has 2 aromatic carbocycles. The van der Waals surface area contributed by atoms with Gasteiger partial charge in [-0.2, -0.15) is 0 Å². The van der Waals surface area contributed by atoms with E-state index in [1.807, 2.05) is 29.8 Å². The number of nitrogens with zero attached hydrogens (tertiary/aromatic N) is 3. The van der Waals surface area contributed by atoms with E-state index in [1.54, 1.807) is 0 Å². The van der Waals surface area contributed by atoms with Crippen LogP contribution in [-0.4, -0.2) is 52.4 Å². The Morgan fingerprint density at radius 3 is 2.35 bits per heavy atom. The number of rotatable bonds is 9. The fourth-order valence-electron chi connectivity index (χ4n) is 6.12. The van der Waals surface area contributed by atoms with Crippen molar-refractivity contribution < 1.29 is 9.59 Å². The van der Waals surface area contributed by atoms with Gasteiger partial charge < -0.3 is 19.7 Å². The summed E-state index contributed by atoms with van der Waals surface area (Å²) in [6.45, 7) is 11.0. The average Bonchev–Trinajstić information content (AvgIpc) is 3.29. The van der Waals surface area contributed by atoms with Crippen molar-refractivity contribution in [3.8, 4) is 11.3 Å². The molecule has 6 nitrogen and oxygen atoms in total. The summed E-state index contributed by atoms with van der Waals surface area (Å²) in [6.07, 6.45) is 5.94. The zero-order chi connectivity index (χ0) is 28.2. The van der Waals surface area contributed by atoms with Gasteiger partial charge in [0.2, 0.25) is 0 Å². The summed E-state index contributed by atoms with van der Waals surface area (Å²) in [4.78, 5) is 32.0. The van der Waals surface area contributed by atoms with E-state index in [4.69, 9.17) is 0 Å². The van der Waals surface area contributed by atoms with Crippen molar-refractivity contribution in [2.75, 3.05) is 26.2 Å². The third kappa shape index (κ3) is 5.60. The number of hydrogen-bond acceptors (Lipinski definition) is 3. The number of carbonyl (C=O) groups is 2.